The zero-order valence-corrected chi connectivity index (χ0v) is 18.7. The number of fused-ring (bicyclic) bond motifs is 1. The summed E-state index contributed by atoms with van der Waals surface area (Å²) in [5, 5.41) is 8.21. The summed E-state index contributed by atoms with van der Waals surface area (Å²) in [6.45, 7) is 6.90. The number of carbonyl (C=O) groups is 1. The van der Waals surface area contributed by atoms with Gasteiger partial charge in [0.15, 0.2) is 11.6 Å². The molecule has 0 bridgehead atoms. The number of nitrogens with zero attached hydrogens (tertiary/aromatic N) is 6. The minimum atomic E-state index is -3.20. The molecule has 3 aromatic rings. The van der Waals surface area contributed by atoms with Crippen LogP contribution in [0.5, 0.6) is 0 Å². The molecule has 0 saturated carbocycles. The summed E-state index contributed by atoms with van der Waals surface area (Å²) >= 11 is 0. The van der Waals surface area contributed by atoms with E-state index in [4.69, 9.17) is 9.84 Å². The van der Waals surface area contributed by atoms with Crippen LogP contribution in [0.25, 0.3) is 16.7 Å². The van der Waals surface area contributed by atoms with E-state index in [1.54, 1.807) is 25.3 Å². The molecule has 0 radical (unpaired) electrons. The summed E-state index contributed by atoms with van der Waals surface area (Å²) in [4.78, 5) is 26.1. The number of carbonyl (C=O) groups excluding carboxylic acids is 1. The average molecular weight is 457 g/mol. The number of alkyl halides is 2. The van der Waals surface area contributed by atoms with Gasteiger partial charge >= 0.3 is 5.92 Å². The van der Waals surface area contributed by atoms with E-state index in [0.29, 0.717) is 22.8 Å². The van der Waals surface area contributed by atoms with Gasteiger partial charge in [0.1, 0.15) is 5.82 Å². The standard InChI is InChI=1S/C22H25F2N7O2/c1-13-8-18(28-20(26-13)21(3,23)24)31-16-9-17(27-14(2)32)25-10-15(16)19(29-31)30-6-4-22(11-30)5-7-33-12-22/h8-10H,4-7,11-12H2,1-3H3,(H,25,27,32). The third-order valence-corrected chi connectivity index (χ3v) is 6.22. The molecule has 2 fully saturated rings. The second kappa shape index (κ2) is 7.68. The molecule has 33 heavy (non-hydrogen) atoms. The van der Waals surface area contributed by atoms with Gasteiger partial charge in [0, 0.05) is 63.0 Å². The largest absolute Gasteiger partial charge is 0.381 e. The molecular formula is C22H25F2N7O2. The van der Waals surface area contributed by atoms with Crippen LogP contribution in [0.15, 0.2) is 18.3 Å². The minimum absolute atomic E-state index is 0.114. The predicted molar refractivity (Wildman–Crippen MR) is 118 cm³/mol. The number of ether oxygens (including phenoxy) is 1. The molecule has 5 rings (SSSR count). The van der Waals surface area contributed by atoms with Gasteiger partial charge in [0.25, 0.3) is 0 Å². The van der Waals surface area contributed by atoms with Gasteiger partial charge in [-0.25, -0.2) is 19.6 Å². The van der Waals surface area contributed by atoms with Crippen LogP contribution in [0.3, 0.4) is 0 Å². The van der Waals surface area contributed by atoms with Gasteiger partial charge < -0.3 is 15.0 Å². The number of amides is 1. The third kappa shape index (κ3) is 4.01. The maximum atomic E-state index is 14.0. The summed E-state index contributed by atoms with van der Waals surface area (Å²) in [5.74, 6) is -2.75. The summed E-state index contributed by atoms with van der Waals surface area (Å²) in [5.41, 5.74) is 1.12. The van der Waals surface area contributed by atoms with Gasteiger partial charge in [-0.15, -0.1) is 5.10 Å². The molecule has 5 heterocycles. The van der Waals surface area contributed by atoms with E-state index in [-0.39, 0.29) is 17.1 Å². The summed E-state index contributed by atoms with van der Waals surface area (Å²) in [7, 11) is 0. The monoisotopic (exact) mass is 457 g/mol. The van der Waals surface area contributed by atoms with Gasteiger partial charge in [-0.05, 0) is 19.8 Å². The Kier molecular flexibility index (Phi) is 5.04. The molecule has 0 aromatic carbocycles. The topological polar surface area (TPSA) is 98.1 Å². The van der Waals surface area contributed by atoms with Crippen molar-refractivity contribution in [3.8, 4) is 5.82 Å². The van der Waals surface area contributed by atoms with Gasteiger partial charge in [-0.1, -0.05) is 0 Å². The Morgan fingerprint density at radius 3 is 2.79 bits per heavy atom. The van der Waals surface area contributed by atoms with Crippen LogP contribution in [0.2, 0.25) is 0 Å². The van der Waals surface area contributed by atoms with Crippen LogP contribution in [-0.2, 0) is 15.5 Å². The highest BCUT2D eigenvalue weighted by Gasteiger charge is 2.42. The Bertz CT molecular complexity index is 1230. The maximum absolute atomic E-state index is 14.0. The number of pyridine rings is 1. The van der Waals surface area contributed by atoms with Crippen molar-refractivity contribution in [3.05, 3.63) is 29.8 Å². The Balaban J connectivity index is 1.65. The Hall–Kier alpha value is -3.21. The first kappa shape index (κ1) is 21.6. The molecule has 0 aliphatic carbocycles. The van der Waals surface area contributed by atoms with Crippen molar-refractivity contribution < 1.29 is 18.3 Å². The molecule has 2 aliphatic rings. The highest BCUT2D eigenvalue weighted by Crippen LogP contribution is 2.41. The number of anilines is 2. The van der Waals surface area contributed by atoms with Crippen molar-refractivity contribution in [2.24, 2.45) is 5.41 Å². The molecule has 174 valence electrons. The van der Waals surface area contributed by atoms with Crippen molar-refractivity contribution >= 4 is 28.4 Å². The van der Waals surface area contributed by atoms with Crippen LogP contribution >= 0.6 is 0 Å². The minimum Gasteiger partial charge on any atom is -0.381 e. The number of aryl methyl sites for hydroxylation is 1. The van der Waals surface area contributed by atoms with Crippen molar-refractivity contribution in [1.29, 1.82) is 0 Å². The van der Waals surface area contributed by atoms with Crippen LogP contribution in [0, 0.1) is 12.3 Å². The molecule has 3 aromatic heterocycles. The summed E-state index contributed by atoms with van der Waals surface area (Å²) in [6, 6.07) is 3.29. The van der Waals surface area contributed by atoms with Gasteiger partial charge in [-0.3, -0.25) is 4.79 Å². The highest BCUT2D eigenvalue weighted by atomic mass is 19.3. The van der Waals surface area contributed by atoms with E-state index < -0.39 is 11.7 Å². The number of halogens is 2. The lowest BCUT2D eigenvalue weighted by Crippen LogP contribution is -2.27. The van der Waals surface area contributed by atoms with E-state index in [9.17, 15) is 13.6 Å². The molecule has 1 amide bonds. The van der Waals surface area contributed by atoms with Crippen molar-refractivity contribution in [2.45, 2.75) is 39.5 Å². The van der Waals surface area contributed by atoms with E-state index in [0.717, 1.165) is 51.5 Å². The number of hydrogen-bond acceptors (Lipinski definition) is 7. The van der Waals surface area contributed by atoms with Gasteiger partial charge in [0.05, 0.1) is 17.5 Å². The van der Waals surface area contributed by atoms with Gasteiger partial charge in [0.2, 0.25) is 11.7 Å². The maximum Gasteiger partial charge on any atom is 0.303 e. The molecule has 9 nitrogen and oxygen atoms in total. The fourth-order valence-corrected chi connectivity index (χ4v) is 4.60. The molecule has 1 atom stereocenters. The van der Waals surface area contributed by atoms with E-state index in [2.05, 4.69) is 25.2 Å². The fraction of sp³-hybridized carbons (Fsp3) is 0.500. The Labute approximate surface area is 189 Å². The fourth-order valence-electron chi connectivity index (χ4n) is 4.60. The van der Waals surface area contributed by atoms with Gasteiger partial charge in [-0.2, -0.15) is 8.78 Å². The molecule has 1 unspecified atom stereocenters. The Morgan fingerprint density at radius 1 is 1.27 bits per heavy atom. The second-order valence-corrected chi connectivity index (χ2v) is 9.06. The van der Waals surface area contributed by atoms with Crippen LogP contribution in [0.4, 0.5) is 20.4 Å². The van der Waals surface area contributed by atoms with E-state index in [1.165, 1.54) is 11.6 Å². The zero-order chi connectivity index (χ0) is 23.4. The third-order valence-electron chi connectivity index (χ3n) is 6.22. The lowest BCUT2D eigenvalue weighted by Gasteiger charge is -2.22. The lowest BCUT2D eigenvalue weighted by atomic mass is 9.87. The summed E-state index contributed by atoms with van der Waals surface area (Å²) in [6.07, 6.45) is 3.66. The van der Waals surface area contributed by atoms with Crippen molar-refractivity contribution in [3.63, 3.8) is 0 Å². The SMILES string of the molecule is CC(=O)Nc1cc2c(cn1)c(N1CCC3(CCOC3)C1)nn2-c1cc(C)nc(C(C)(F)F)n1. The lowest BCUT2D eigenvalue weighted by molar-refractivity contribution is -0.114. The quantitative estimate of drug-likeness (QED) is 0.642. The first-order valence-electron chi connectivity index (χ1n) is 10.9. The van der Waals surface area contributed by atoms with E-state index >= 15 is 0 Å². The zero-order valence-electron chi connectivity index (χ0n) is 18.7. The van der Waals surface area contributed by atoms with Crippen LogP contribution in [-0.4, -0.2) is 56.9 Å². The first-order chi connectivity index (χ1) is 15.6. The average Bonchev–Trinajstić information content (AvgIpc) is 3.46. The summed E-state index contributed by atoms with van der Waals surface area (Å²) < 4.78 is 35.3. The molecule has 2 saturated heterocycles. The predicted octanol–water partition coefficient (Wildman–Crippen LogP) is 3.21. The van der Waals surface area contributed by atoms with Crippen LogP contribution < -0.4 is 10.2 Å². The number of rotatable bonds is 4. The second-order valence-electron chi connectivity index (χ2n) is 9.06. The molecule has 1 spiro atoms. The van der Waals surface area contributed by atoms with E-state index in [1.807, 2.05) is 0 Å². The van der Waals surface area contributed by atoms with Crippen molar-refractivity contribution in [1.82, 2.24) is 24.7 Å². The normalized spacial score (nSPS) is 20.8. The smallest absolute Gasteiger partial charge is 0.303 e. The number of hydrogen-bond donors (Lipinski definition) is 1. The number of aromatic nitrogens is 5. The molecule has 11 heteroatoms. The Morgan fingerprint density at radius 2 is 2.09 bits per heavy atom. The molecule has 2 aliphatic heterocycles. The molecule has 1 N–H and O–H groups in total. The highest BCUT2D eigenvalue weighted by molar-refractivity contribution is 5.95. The van der Waals surface area contributed by atoms with Crippen molar-refractivity contribution in [2.75, 3.05) is 36.5 Å². The first-order valence-corrected chi connectivity index (χ1v) is 10.9. The molecular weight excluding hydrogens is 432 g/mol. The van der Waals surface area contributed by atoms with Crippen LogP contribution in [0.1, 0.15) is 38.2 Å². The number of nitrogens with one attached hydrogen (secondary N) is 1.